The van der Waals surface area contributed by atoms with Gasteiger partial charge in [-0.05, 0) is 12.1 Å². The van der Waals surface area contributed by atoms with E-state index in [1.807, 2.05) is 4.72 Å². The third-order valence-corrected chi connectivity index (χ3v) is 5.32. The van der Waals surface area contributed by atoms with Crippen LogP contribution in [0.1, 0.15) is 0 Å². The zero-order valence-corrected chi connectivity index (χ0v) is 14.3. The Bertz CT molecular complexity index is 691. The van der Waals surface area contributed by atoms with E-state index in [9.17, 15) is 26.0 Å². The number of halogens is 4. The summed E-state index contributed by atoms with van der Waals surface area (Å²) in [5.74, 6) is -0.997. The lowest BCUT2D eigenvalue weighted by molar-refractivity contribution is -0.182. The fourth-order valence-electron chi connectivity index (χ4n) is 2.54. The first-order valence-corrected chi connectivity index (χ1v) is 8.98. The Morgan fingerprint density at radius 3 is 2.48 bits per heavy atom. The van der Waals surface area contributed by atoms with Gasteiger partial charge in [0, 0.05) is 38.8 Å². The topological polar surface area (TPSA) is 70.7 Å². The Hall–Kier alpha value is -1.43. The number of hydrogen-bond donors (Lipinski definition) is 2. The highest BCUT2D eigenvalue weighted by atomic mass is 32.2. The summed E-state index contributed by atoms with van der Waals surface area (Å²) < 4.78 is 84.7. The second-order valence-electron chi connectivity index (χ2n) is 5.49. The minimum absolute atomic E-state index is 0.102. The van der Waals surface area contributed by atoms with E-state index in [-0.39, 0.29) is 18.8 Å². The Kier molecular flexibility index (Phi) is 6.25. The molecule has 1 fully saturated rings. The number of alkyl halides is 3. The molecule has 2 N–H and O–H groups in total. The number of rotatable bonds is 6. The number of nitrogens with zero attached hydrogens (tertiary/aromatic N) is 1. The molecule has 0 bridgehead atoms. The first-order valence-electron chi connectivity index (χ1n) is 7.50. The summed E-state index contributed by atoms with van der Waals surface area (Å²) in [5, 5.41) is 2.93. The highest BCUT2D eigenvalue weighted by molar-refractivity contribution is 7.89. The van der Waals surface area contributed by atoms with Gasteiger partial charge < -0.3 is 10.1 Å². The summed E-state index contributed by atoms with van der Waals surface area (Å²) in [6.45, 7) is 0.155. The molecular formula is C14H19F4N3O3S. The first-order chi connectivity index (χ1) is 11.6. The van der Waals surface area contributed by atoms with Crippen molar-refractivity contribution in [3.63, 3.8) is 0 Å². The highest BCUT2D eigenvalue weighted by Crippen LogP contribution is 2.26. The summed E-state index contributed by atoms with van der Waals surface area (Å²) >= 11 is 0. The molecule has 1 aromatic carbocycles. The number of ether oxygens (including phenoxy) is 1. The van der Waals surface area contributed by atoms with Crippen molar-refractivity contribution < 1.29 is 30.7 Å². The predicted molar refractivity (Wildman–Crippen MR) is 82.4 cm³/mol. The maximum atomic E-state index is 13.9. The molecule has 1 saturated heterocycles. The van der Waals surface area contributed by atoms with Crippen molar-refractivity contribution in [3.8, 4) is 5.75 Å². The largest absolute Gasteiger partial charge is 0.497 e. The maximum Gasteiger partial charge on any atom is 0.405 e. The summed E-state index contributed by atoms with van der Waals surface area (Å²) in [5.41, 5.74) is 0. The number of piperazine rings is 1. The van der Waals surface area contributed by atoms with Crippen LogP contribution in [-0.2, 0) is 10.0 Å². The molecule has 0 radical (unpaired) electrons. The lowest BCUT2D eigenvalue weighted by Crippen LogP contribution is -2.57. The van der Waals surface area contributed by atoms with Gasteiger partial charge in [-0.15, -0.1) is 0 Å². The van der Waals surface area contributed by atoms with Crippen LogP contribution >= 0.6 is 0 Å². The van der Waals surface area contributed by atoms with Crippen LogP contribution in [0, 0.1) is 5.82 Å². The second kappa shape index (κ2) is 7.85. The van der Waals surface area contributed by atoms with Crippen LogP contribution < -0.4 is 14.8 Å². The molecule has 2 rings (SSSR count). The standard InChI is InChI=1S/C14H19F4N3O3S/c1-24-10-2-3-12(11(15)8-10)25(22,23)20-9-13(14(16,17)18)21-6-4-19-5-7-21/h2-3,8,13,19-20H,4-7,9H2,1H3. The molecule has 1 atom stereocenters. The van der Waals surface area contributed by atoms with Crippen molar-refractivity contribution in [2.75, 3.05) is 39.8 Å². The lowest BCUT2D eigenvalue weighted by atomic mass is 10.2. The van der Waals surface area contributed by atoms with Gasteiger partial charge in [0.2, 0.25) is 10.0 Å². The molecule has 1 aromatic rings. The van der Waals surface area contributed by atoms with Crippen molar-refractivity contribution in [1.82, 2.24) is 14.9 Å². The molecule has 6 nitrogen and oxygen atoms in total. The molecule has 0 saturated carbocycles. The van der Waals surface area contributed by atoms with E-state index >= 15 is 0 Å². The molecule has 0 aliphatic carbocycles. The number of benzene rings is 1. The van der Waals surface area contributed by atoms with Crippen molar-refractivity contribution in [3.05, 3.63) is 24.0 Å². The van der Waals surface area contributed by atoms with Gasteiger partial charge in [0.1, 0.15) is 22.5 Å². The minimum Gasteiger partial charge on any atom is -0.497 e. The first kappa shape index (κ1) is 19.9. The van der Waals surface area contributed by atoms with Gasteiger partial charge in [-0.2, -0.15) is 13.2 Å². The van der Waals surface area contributed by atoms with Gasteiger partial charge in [-0.1, -0.05) is 0 Å². The average molecular weight is 385 g/mol. The molecule has 25 heavy (non-hydrogen) atoms. The van der Waals surface area contributed by atoms with Gasteiger partial charge in [0.15, 0.2) is 0 Å². The quantitative estimate of drug-likeness (QED) is 0.714. The fourth-order valence-corrected chi connectivity index (χ4v) is 3.63. The molecule has 0 aromatic heterocycles. The second-order valence-corrected chi connectivity index (χ2v) is 7.23. The van der Waals surface area contributed by atoms with E-state index in [0.29, 0.717) is 13.1 Å². The molecule has 11 heteroatoms. The SMILES string of the molecule is COc1ccc(S(=O)(=O)NCC(N2CCNCC2)C(F)(F)F)c(F)c1. The highest BCUT2D eigenvalue weighted by Gasteiger charge is 2.44. The van der Waals surface area contributed by atoms with Crippen LogP contribution in [0.5, 0.6) is 5.75 Å². The molecule has 142 valence electrons. The normalized spacial score (nSPS) is 18.1. The Balaban J connectivity index is 2.15. The van der Waals surface area contributed by atoms with E-state index < -0.39 is 39.5 Å². The van der Waals surface area contributed by atoms with Gasteiger partial charge >= 0.3 is 6.18 Å². The van der Waals surface area contributed by atoms with Crippen LogP contribution in [0.25, 0.3) is 0 Å². The number of sulfonamides is 1. The molecule has 0 spiro atoms. The van der Waals surface area contributed by atoms with Crippen LogP contribution in [0.4, 0.5) is 17.6 Å². The molecule has 1 aliphatic heterocycles. The minimum atomic E-state index is -4.61. The van der Waals surface area contributed by atoms with Crippen molar-refractivity contribution in [2.24, 2.45) is 0 Å². The molecule has 1 unspecified atom stereocenters. The Morgan fingerprint density at radius 1 is 1.32 bits per heavy atom. The van der Waals surface area contributed by atoms with Crippen molar-refractivity contribution in [1.29, 1.82) is 0 Å². The van der Waals surface area contributed by atoms with Crippen molar-refractivity contribution in [2.45, 2.75) is 17.1 Å². The smallest absolute Gasteiger partial charge is 0.405 e. The van der Waals surface area contributed by atoms with Gasteiger partial charge in [0.05, 0.1) is 7.11 Å². The van der Waals surface area contributed by atoms with E-state index in [1.54, 1.807) is 0 Å². The van der Waals surface area contributed by atoms with Crippen LogP contribution in [-0.4, -0.2) is 65.4 Å². The Labute approximate surface area is 143 Å². The predicted octanol–water partition coefficient (Wildman–Crippen LogP) is 0.949. The number of hydrogen-bond acceptors (Lipinski definition) is 5. The molecule has 0 amide bonds. The van der Waals surface area contributed by atoms with Gasteiger partial charge in [0.25, 0.3) is 0 Å². The fraction of sp³-hybridized carbons (Fsp3) is 0.571. The molecule has 1 aliphatic rings. The molecule has 1 heterocycles. The van der Waals surface area contributed by atoms with E-state index in [4.69, 9.17) is 4.74 Å². The van der Waals surface area contributed by atoms with Gasteiger partial charge in [-0.25, -0.2) is 17.5 Å². The summed E-state index contributed by atoms with van der Waals surface area (Å²) in [7, 11) is -3.15. The summed E-state index contributed by atoms with van der Waals surface area (Å²) in [6, 6.07) is 1.04. The monoisotopic (exact) mass is 385 g/mol. The zero-order chi connectivity index (χ0) is 18.7. The maximum absolute atomic E-state index is 13.9. The third-order valence-electron chi connectivity index (χ3n) is 3.87. The number of methoxy groups -OCH3 is 1. The third kappa shape index (κ3) is 5.03. The van der Waals surface area contributed by atoms with Crippen LogP contribution in [0.15, 0.2) is 23.1 Å². The average Bonchev–Trinajstić information content (AvgIpc) is 2.54. The molecular weight excluding hydrogens is 366 g/mol. The summed E-state index contributed by atoms with van der Waals surface area (Å²) in [4.78, 5) is 0.429. The zero-order valence-electron chi connectivity index (χ0n) is 13.4. The summed E-state index contributed by atoms with van der Waals surface area (Å²) in [6.07, 6.45) is -4.61. The van der Waals surface area contributed by atoms with Gasteiger partial charge in [-0.3, -0.25) is 4.90 Å². The van der Waals surface area contributed by atoms with Crippen molar-refractivity contribution >= 4 is 10.0 Å². The lowest BCUT2D eigenvalue weighted by Gasteiger charge is -2.35. The van der Waals surface area contributed by atoms with Crippen LogP contribution in [0.2, 0.25) is 0 Å². The number of nitrogens with one attached hydrogen (secondary N) is 2. The Morgan fingerprint density at radius 2 is 1.96 bits per heavy atom. The van der Waals surface area contributed by atoms with E-state index in [1.165, 1.54) is 13.2 Å². The van der Waals surface area contributed by atoms with Crippen LogP contribution in [0.3, 0.4) is 0 Å². The van der Waals surface area contributed by atoms with E-state index in [2.05, 4.69) is 5.32 Å². The van der Waals surface area contributed by atoms with E-state index in [0.717, 1.165) is 17.0 Å².